The van der Waals surface area contributed by atoms with Gasteiger partial charge in [-0.15, -0.1) is 4.72 Å². The number of rotatable bonds is 7. The maximum atomic E-state index is 14.2. The SMILES string of the molecule is COc1ccc([C@H](CO[Si](C)(C)C(C)(C)C)N[S+]([O-])C(C)(C)C)cc1F. The van der Waals surface area contributed by atoms with Crippen molar-refractivity contribution in [2.75, 3.05) is 13.7 Å². The van der Waals surface area contributed by atoms with Gasteiger partial charge >= 0.3 is 0 Å². The molecule has 0 heterocycles. The molecule has 0 saturated heterocycles. The van der Waals surface area contributed by atoms with Crippen LogP contribution in [0.25, 0.3) is 0 Å². The van der Waals surface area contributed by atoms with Crippen molar-refractivity contribution in [3.63, 3.8) is 0 Å². The highest BCUT2D eigenvalue weighted by Crippen LogP contribution is 2.37. The number of nitrogens with one attached hydrogen (secondary N) is 1. The molecule has 0 aromatic heterocycles. The van der Waals surface area contributed by atoms with Crippen LogP contribution in [0.3, 0.4) is 0 Å². The predicted molar refractivity (Wildman–Crippen MR) is 110 cm³/mol. The Morgan fingerprint density at radius 3 is 2.19 bits per heavy atom. The zero-order valence-corrected chi connectivity index (χ0v) is 19.3. The first kappa shape index (κ1) is 23.4. The molecule has 1 N–H and O–H groups in total. The summed E-state index contributed by atoms with van der Waals surface area (Å²) in [7, 11) is -0.553. The van der Waals surface area contributed by atoms with Crippen LogP contribution in [0.2, 0.25) is 18.1 Å². The molecule has 0 fully saturated rings. The second-order valence-corrected chi connectivity index (χ2v) is 15.8. The number of halogens is 1. The summed E-state index contributed by atoms with van der Waals surface area (Å²) in [4.78, 5) is 0. The Bertz CT molecular complexity index is 599. The van der Waals surface area contributed by atoms with Gasteiger partial charge in [-0.2, -0.15) is 0 Å². The van der Waals surface area contributed by atoms with E-state index in [4.69, 9.17) is 9.16 Å². The molecule has 1 aromatic carbocycles. The summed E-state index contributed by atoms with van der Waals surface area (Å²) in [5.41, 5.74) is 0.694. The average molecular weight is 404 g/mol. The van der Waals surface area contributed by atoms with Crippen molar-refractivity contribution < 1.29 is 18.1 Å². The van der Waals surface area contributed by atoms with E-state index in [1.54, 1.807) is 12.1 Å². The van der Waals surface area contributed by atoms with Gasteiger partial charge in [0.05, 0.1) is 19.8 Å². The number of hydrogen-bond acceptors (Lipinski definition) is 4. The van der Waals surface area contributed by atoms with E-state index in [2.05, 4.69) is 38.6 Å². The molecule has 0 radical (unpaired) electrons. The first-order valence-corrected chi connectivity index (χ1v) is 12.9. The fourth-order valence-electron chi connectivity index (χ4n) is 1.91. The topological polar surface area (TPSA) is 53.5 Å². The molecule has 1 rings (SSSR count). The van der Waals surface area contributed by atoms with Gasteiger partial charge in [-0.25, -0.2) is 4.39 Å². The average Bonchev–Trinajstić information content (AvgIpc) is 2.48. The lowest BCUT2D eigenvalue weighted by Crippen LogP contribution is -2.46. The van der Waals surface area contributed by atoms with E-state index in [-0.39, 0.29) is 16.8 Å². The quantitative estimate of drug-likeness (QED) is 0.517. The minimum absolute atomic E-state index is 0.0614. The van der Waals surface area contributed by atoms with E-state index in [0.717, 1.165) is 0 Å². The summed E-state index contributed by atoms with van der Waals surface area (Å²) >= 11 is -1.30. The standard InChI is InChI=1S/C19H34FNO3SSi/c1-18(2,3)25(22)21-16(13-24-26(8,9)19(4,5)6)14-10-11-17(23-7)15(20)12-14/h10-12,16,21H,13H2,1-9H3/t16-,25?/m0/s1. The Balaban J connectivity index is 3.08. The molecule has 7 heteroatoms. The minimum Gasteiger partial charge on any atom is -0.598 e. The Hall–Kier alpha value is -0.603. The molecule has 0 bridgehead atoms. The Morgan fingerprint density at radius 1 is 1.19 bits per heavy atom. The second-order valence-electron chi connectivity index (χ2n) is 9.02. The largest absolute Gasteiger partial charge is 0.598 e. The van der Waals surface area contributed by atoms with Crippen molar-refractivity contribution in [1.29, 1.82) is 0 Å². The van der Waals surface area contributed by atoms with Crippen LogP contribution in [0.5, 0.6) is 5.75 Å². The number of ether oxygens (including phenoxy) is 1. The number of methoxy groups -OCH3 is 1. The van der Waals surface area contributed by atoms with Crippen LogP contribution in [0.15, 0.2) is 18.2 Å². The maximum absolute atomic E-state index is 14.2. The van der Waals surface area contributed by atoms with Crippen LogP contribution >= 0.6 is 0 Å². The molecule has 4 nitrogen and oxygen atoms in total. The fraction of sp³-hybridized carbons (Fsp3) is 0.684. The van der Waals surface area contributed by atoms with E-state index < -0.39 is 30.2 Å². The molecular weight excluding hydrogens is 369 g/mol. The van der Waals surface area contributed by atoms with Gasteiger partial charge in [0.25, 0.3) is 0 Å². The van der Waals surface area contributed by atoms with Crippen LogP contribution < -0.4 is 9.46 Å². The molecule has 150 valence electrons. The van der Waals surface area contributed by atoms with Gasteiger partial charge in [0.2, 0.25) is 0 Å². The monoisotopic (exact) mass is 403 g/mol. The molecule has 0 aliphatic rings. The summed E-state index contributed by atoms with van der Waals surface area (Å²) in [5.74, 6) is -0.250. The second kappa shape index (κ2) is 8.60. The van der Waals surface area contributed by atoms with E-state index in [9.17, 15) is 8.94 Å². The van der Waals surface area contributed by atoms with Gasteiger partial charge in [0, 0.05) is 11.4 Å². The van der Waals surface area contributed by atoms with Crippen LogP contribution in [0.4, 0.5) is 4.39 Å². The molecule has 0 saturated carbocycles. The summed E-state index contributed by atoms with van der Waals surface area (Å²) in [5, 5.41) is 0.0614. The van der Waals surface area contributed by atoms with Crippen LogP contribution in [0, 0.1) is 5.82 Å². The van der Waals surface area contributed by atoms with Gasteiger partial charge in [-0.05, 0) is 56.6 Å². The van der Waals surface area contributed by atoms with Crippen molar-refractivity contribution in [1.82, 2.24) is 4.72 Å². The zero-order valence-electron chi connectivity index (χ0n) is 17.5. The van der Waals surface area contributed by atoms with E-state index in [0.29, 0.717) is 12.2 Å². The van der Waals surface area contributed by atoms with Gasteiger partial charge in [0.15, 0.2) is 19.9 Å². The van der Waals surface area contributed by atoms with Crippen LogP contribution in [-0.4, -0.2) is 31.3 Å². The molecule has 0 amide bonds. The lowest BCUT2D eigenvalue weighted by molar-refractivity contribution is 0.255. The molecule has 0 aliphatic carbocycles. The van der Waals surface area contributed by atoms with Gasteiger partial charge in [-0.1, -0.05) is 26.8 Å². The summed E-state index contributed by atoms with van der Waals surface area (Å²) < 4.78 is 40.8. The highest BCUT2D eigenvalue weighted by Gasteiger charge is 2.38. The van der Waals surface area contributed by atoms with Crippen molar-refractivity contribution in [3.05, 3.63) is 29.6 Å². The van der Waals surface area contributed by atoms with Crippen LogP contribution in [-0.2, 0) is 15.8 Å². The van der Waals surface area contributed by atoms with Gasteiger partial charge < -0.3 is 13.7 Å². The zero-order chi connectivity index (χ0) is 20.3. The Morgan fingerprint density at radius 2 is 1.77 bits per heavy atom. The first-order chi connectivity index (χ1) is 11.7. The molecule has 1 aromatic rings. The minimum atomic E-state index is -1.99. The molecule has 1 unspecified atom stereocenters. The van der Waals surface area contributed by atoms with E-state index in [1.807, 2.05) is 20.8 Å². The smallest absolute Gasteiger partial charge is 0.192 e. The summed E-state index contributed by atoms with van der Waals surface area (Å²) in [6, 6.07) is 4.43. The third-order valence-electron chi connectivity index (χ3n) is 4.80. The summed E-state index contributed by atoms with van der Waals surface area (Å²) in [6.07, 6.45) is 0. The van der Waals surface area contributed by atoms with E-state index >= 15 is 0 Å². The highest BCUT2D eigenvalue weighted by atomic mass is 32.2. The van der Waals surface area contributed by atoms with E-state index in [1.165, 1.54) is 13.2 Å². The van der Waals surface area contributed by atoms with Gasteiger partial charge in [-0.3, -0.25) is 0 Å². The van der Waals surface area contributed by atoms with Gasteiger partial charge in [0.1, 0.15) is 4.75 Å². The fourth-order valence-corrected chi connectivity index (χ4v) is 3.74. The van der Waals surface area contributed by atoms with Crippen molar-refractivity contribution in [2.45, 2.75) is 70.5 Å². The summed E-state index contributed by atoms with van der Waals surface area (Å²) in [6.45, 7) is 16.9. The van der Waals surface area contributed by atoms with Crippen molar-refractivity contribution in [2.24, 2.45) is 0 Å². The maximum Gasteiger partial charge on any atom is 0.192 e. The third-order valence-corrected chi connectivity index (χ3v) is 10.9. The van der Waals surface area contributed by atoms with Crippen LogP contribution in [0.1, 0.15) is 53.1 Å². The molecule has 0 aliphatic heterocycles. The molecule has 0 spiro atoms. The normalized spacial score (nSPS) is 15.7. The van der Waals surface area contributed by atoms with Crippen molar-refractivity contribution >= 4 is 19.7 Å². The predicted octanol–water partition coefficient (Wildman–Crippen LogP) is 4.95. The first-order valence-electron chi connectivity index (χ1n) is 8.84. The lowest BCUT2D eigenvalue weighted by atomic mass is 10.1. The number of hydrogen-bond donors (Lipinski definition) is 1. The molecular formula is C19H34FNO3SSi. The number of benzene rings is 1. The third kappa shape index (κ3) is 6.23. The Labute approximate surface area is 162 Å². The highest BCUT2D eigenvalue weighted by molar-refractivity contribution is 7.90. The van der Waals surface area contributed by atoms with Crippen molar-refractivity contribution in [3.8, 4) is 5.75 Å². The molecule has 2 atom stereocenters. The Kier molecular flexibility index (Phi) is 7.76. The molecule has 26 heavy (non-hydrogen) atoms. The lowest BCUT2D eigenvalue weighted by Gasteiger charge is -2.37.